The standard InChI is InChI=1S/C19H15N3O6S/c23-19(21-20-12-14-6-8-15(9-7-14)22(24)25)18-11-10-16(28-18)13-29(26,27)17-4-2-1-3-5-17/h1-12H,13H2,(H,21,23)/b20-12-. The molecular formula is C19H15N3O6S. The Labute approximate surface area is 165 Å². The van der Waals surface area contributed by atoms with E-state index in [1.165, 1.54) is 54.7 Å². The number of sulfone groups is 1. The van der Waals surface area contributed by atoms with Crippen molar-refractivity contribution in [2.45, 2.75) is 10.6 Å². The van der Waals surface area contributed by atoms with Crippen molar-refractivity contribution >= 4 is 27.6 Å². The van der Waals surface area contributed by atoms with Crippen LogP contribution in [-0.2, 0) is 15.6 Å². The molecule has 0 radical (unpaired) electrons. The Balaban J connectivity index is 1.61. The molecule has 0 spiro atoms. The minimum atomic E-state index is -3.59. The average molecular weight is 413 g/mol. The lowest BCUT2D eigenvalue weighted by Gasteiger charge is -2.02. The van der Waals surface area contributed by atoms with Crippen molar-refractivity contribution in [1.29, 1.82) is 0 Å². The molecule has 9 nitrogen and oxygen atoms in total. The molecule has 0 unspecified atom stereocenters. The van der Waals surface area contributed by atoms with Crippen molar-refractivity contribution in [3.05, 3.63) is 93.9 Å². The number of nitrogens with zero attached hydrogens (tertiary/aromatic N) is 2. The Hall–Kier alpha value is -3.79. The highest BCUT2D eigenvalue weighted by atomic mass is 32.2. The number of nitrogens with one attached hydrogen (secondary N) is 1. The normalized spacial score (nSPS) is 11.4. The zero-order chi connectivity index (χ0) is 20.9. The summed E-state index contributed by atoms with van der Waals surface area (Å²) in [5.74, 6) is -1.01. The maximum absolute atomic E-state index is 12.3. The number of nitro benzene ring substituents is 1. The van der Waals surface area contributed by atoms with Gasteiger partial charge in [0.05, 0.1) is 16.0 Å². The maximum atomic E-state index is 12.3. The Kier molecular flexibility index (Phi) is 5.84. The molecule has 3 rings (SSSR count). The van der Waals surface area contributed by atoms with Gasteiger partial charge in [-0.2, -0.15) is 5.10 Å². The first-order valence-electron chi connectivity index (χ1n) is 8.29. The van der Waals surface area contributed by atoms with Gasteiger partial charge in [-0.15, -0.1) is 0 Å². The van der Waals surface area contributed by atoms with Crippen LogP contribution < -0.4 is 5.43 Å². The van der Waals surface area contributed by atoms with Crippen LogP contribution in [0.25, 0.3) is 0 Å². The second kappa shape index (κ2) is 8.48. The third kappa shape index (κ3) is 5.14. The summed E-state index contributed by atoms with van der Waals surface area (Å²) >= 11 is 0. The summed E-state index contributed by atoms with van der Waals surface area (Å²) in [6.07, 6.45) is 1.31. The van der Waals surface area contributed by atoms with Gasteiger partial charge in [-0.05, 0) is 42.0 Å². The van der Waals surface area contributed by atoms with Gasteiger partial charge in [0.25, 0.3) is 5.69 Å². The first-order valence-corrected chi connectivity index (χ1v) is 9.95. The minimum Gasteiger partial charge on any atom is -0.455 e. The van der Waals surface area contributed by atoms with Crippen LogP contribution >= 0.6 is 0 Å². The van der Waals surface area contributed by atoms with Crippen LogP contribution in [0.5, 0.6) is 0 Å². The molecule has 0 aliphatic carbocycles. The number of hydrogen-bond donors (Lipinski definition) is 1. The fourth-order valence-corrected chi connectivity index (χ4v) is 3.65. The fraction of sp³-hybridized carbons (Fsp3) is 0.0526. The lowest BCUT2D eigenvalue weighted by atomic mass is 10.2. The van der Waals surface area contributed by atoms with Gasteiger partial charge in [-0.1, -0.05) is 18.2 Å². The Morgan fingerprint density at radius 3 is 2.41 bits per heavy atom. The zero-order valence-electron chi connectivity index (χ0n) is 14.9. The summed E-state index contributed by atoms with van der Waals surface area (Å²) in [4.78, 5) is 22.3. The number of non-ortho nitro benzene ring substituents is 1. The van der Waals surface area contributed by atoms with Gasteiger partial charge in [0.2, 0.25) is 0 Å². The van der Waals surface area contributed by atoms with Crippen LogP contribution in [0.4, 0.5) is 5.69 Å². The van der Waals surface area contributed by atoms with Crippen molar-refractivity contribution in [2.24, 2.45) is 5.10 Å². The van der Waals surface area contributed by atoms with E-state index in [0.717, 1.165) is 0 Å². The van der Waals surface area contributed by atoms with Crippen molar-refractivity contribution in [3.8, 4) is 0 Å². The molecule has 148 valence electrons. The van der Waals surface area contributed by atoms with Crippen LogP contribution in [0.1, 0.15) is 21.9 Å². The molecule has 0 aliphatic rings. The summed E-state index contributed by atoms with van der Waals surface area (Å²) in [6, 6.07) is 16.3. The third-order valence-corrected chi connectivity index (χ3v) is 5.46. The molecule has 0 fully saturated rings. The summed E-state index contributed by atoms with van der Waals surface area (Å²) in [5.41, 5.74) is 2.74. The van der Waals surface area contributed by atoms with Gasteiger partial charge in [0.15, 0.2) is 15.6 Å². The van der Waals surface area contributed by atoms with Gasteiger partial charge in [-0.25, -0.2) is 13.8 Å². The lowest BCUT2D eigenvalue weighted by Crippen LogP contribution is -2.16. The smallest absolute Gasteiger partial charge is 0.307 e. The molecule has 10 heteroatoms. The number of carbonyl (C=O) groups excluding carboxylic acids is 1. The first-order chi connectivity index (χ1) is 13.8. The summed E-state index contributed by atoms with van der Waals surface area (Å²) in [7, 11) is -3.59. The van der Waals surface area contributed by atoms with Crippen LogP contribution in [0.3, 0.4) is 0 Å². The van der Waals surface area contributed by atoms with Gasteiger partial charge in [0.1, 0.15) is 11.5 Å². The zero-order valence-corrected chi connectivity index (χ0v) is 15.7. The minimum absolute atomic E-state index is 0.0558. The van der Waals surface area contributed by atoms with E-state index in [-0.39, 0.29) is 27.9 Å². The lowest BCUT2D eigenvalue weighted by molar-refractivity contribution is -0.384. The Morgan fingerprint density at radius 2 is 1.76 bits per heavy atom. The molecule has 1 amide bonds. The van der Waals surface area contributed by atoms with Crippen LogP contribution in [-0.4, -0.2) is 25.5 Å². The molecule has 0 saturated heterocycles. The van der Waals surface area contributed by atoms with E-state index >= 15 is 0 Å². The van der Waals surface area contributed by atoms with E-state index in [0.29, 0.717) is 5.56 Å². The molecule has 1 aromatic heterocycles. The second-order valence-electron chi connectivity index (χ2n) is 5.89. The van der Waals surface area contributed by atoms with E-state index in [1.807, 2.05) is 0 Å². The van der Waals surface area contributed by atoms with E-state index in [1.54, 1.807) is 18.2 Å². The first kappa shape index (κ1) is 20.0. The van der Waals surface area contributed by atoms with E-state index in [4.69, 9.17) is 4.42 Å². The number of furan rings is 1. The highest BCUT2D eigenvalue weighted by Gasteiger charge is 2.19. The average Bonchev–Trinajstić information content (AvgIpc) is 3.17. The van der Waals surface area contributed by atoms with Crippen molar-refractivity contribution < 1.29 is 22.6 Å². The number of carbonyl (C=O) groups is 1. The van der Waals surface area contributed by atoms with E-state index in [9.17, 15) is 23.3 Å². The monoisotopic (exact) mass is 413 g/mol. The largest absolute Gasteiger partial charge is 0.455 e. The van der Waals surface area contributed by atoms with Crippen molar-refractivity contribution in [3.63, 3.8) is 0 Å². The van der Waals surface area contributed by atoms with Gasteiger partial charge in [-0.3, -0.25) is 14.9 Å². The molecule has 0 saturated carbocycles. The summed E-state index contributed by atoms with van der Waals surface area (Å²) in [6.45, 7) is 0. The summed E-state index contributed by atoms with van der Waals surface area (Å²) < 4.78 is 30.0. The molecule has 0 bridgehead atoms. The quantitative estimate of drug-likeness (QED) is 0.360. The third-order valence-electron chi connectivity index (χ3n) is 3.80. The number of benzene rings is 2. The molecule has 1 heterocycles. The number of hydrazone groups is 1. The molecular weight excluding hydrogens is 398 g/mol. The van der Waals surface area contributed by atoms with Crippen LogP contribution in [0.15, 0.2) is 81.1 Å². The Morgan fingerprint density at radius 1 is 1.07 bits per heavy atom. The molecule has 2 aromatic carbocycles. The predicted molar refractivity (Wildman–Crippen MR) is 104 cm³/mol. The fourth-order valence-electron chi connectivity index (χ4n) is 2.38. The van der Waals surface area contributed by atoms with E-state index < -0.39 is 20.7 Å². The number of hydrogen-bond acceptors (Lipinski definition) is 7. The molecule has 1 N–H and O–H groups in total. The van der Waals surface area contributed by atoms with Gasteiger partial charge < -0.3 is 4.42 Å². The van der Waals surface area contributed by atoms with Crippen molar-refractivity contribution in [2.75, 3.05) is 0 Å². The highest BCUT2D eigenvalue weighted by molar-refractivity contribution is 7.90. The predicted octanol–water partition coefficient (Wildman–Crippen LogP) is 2.93. The van der Waals surface area contributed by atoms with E-state index in [2.05, 4.69) is 10.5 Å². The molecule has 29 heavy (non-hydrogen) atoms. The highest BCUT2D eigenvalue weighted by Crippen LogP contribution is 2.18. The number of amides is 1. The van der Waals surface area contributed by atoms with Crippen LogP contribution in [0, 0.1) is 10.1 Å². The molecule has 3 aromatic rings. The topological polar surface area (TPSA) is 132 Å². The SMILES string of the molecule is O=C(N/N=C\c1ccc([N+](=O)[O-])cc1)c1ccc(CS(=O)(=O)c2ccccc2)o1. The van der Waals surface area contributed by atoms with Gasteiger partial charge >= 0.3 is 5.91 Å². The van der Waals surface area contributed by atoms with Crippen LogP contribution in [0.2, 0.25) is 0 Å². The second-order valence-corrected chi connectivity index (χ2v) is 7.88. The molecule has 0 aliphatic heterocycles. The van der Waals surface area contributed by atoms with Crippen molar-refractivity contribution in [1.82, 2.24) is 5.43 Å². The number of nitro groups is 1. The number of rotatable bonds is 7. The Bertz CT molecular complexity index is 1150. The molecule has 0 atom stereocenters. The maximum Gasteiger partial charge on any atom is 0.307 e. The summed E-state index contributed by atoms with van der Waals surface area (Å²) in [5, 5.41) is 14.4. The van der Waals surface area contributed by atoms with Gasteiger partial charge in [0, 0.05) is 12.1 Å².